The maximum Gasteiger partial charge on any atom is 0.207 e. The Bertz CT molecular complexity index is 1380. The molecule has 0 spiro atoms. The molecule has 0 radical (unpaired) electrons. The molecule has 12 nitrogen and oxygen atoms in total. The minimum Gasteiger partial charge on any atom is -0.494 e. The Morgan fingerprint density at radius 1 is 1.05 bits per heavy atom. The Morgan fingerprint density at radius 2 is 1.87 bits per heavy atom. The average Bonchev–Trinajstić information content (AvgIpc) is 3.45. The van der Waals surface area contributed by atoms with Gasteiger partial charge in [-0.05, 0) is 41.8 Å². The van der Waals surface area contributed by atoms with Crippen LogP contribution < -0.4 is 21.5 Å². The van der Waals surface area contributed by atoms with Crippen molar-refractivity contribution < 1.29 is 24.8 Å². The van der Waals surface area contributed by atoms with E-state index in [0.717, 1.165) is 28.9 Å². The number of imidazole rings is 1. The Morgan fingerprint density at radius 3 is 2.61 bits per heavy atom. The van der Waals surface area contributed by atoms with Crippen molar-refractivity contribution in [2.45, 2.75) is 37.5 Å². The molecule has 12 heteroatoms. The quantitative estimate of drug-likeness (QED) is 0.164. The Labute approximate surface area is 218 Å². The lowest BCUT2D eigenvalue weighted by Crippen LogP contribution is -2.33. The molecule has 1 fully saturated rings. The van der Waals surface area contributed by atoms with E-state index in [1.807, 2.05) is 48.5 Å². The first-order chi connectivity index (χ1) is 18.5. The molecule has 0 aliphatic carbocycles. The first kappa shape index (κ1) is 25.8. The monoisotopic (exact) mass is 521 g/mol. The van der Waals surface area contributed by atoms with Gasteiger partial charge in [-0.2, -0.15) is 0 Å². The highest BCUT2D eigenvalue weighted by molar-refractivity contribution is 5.84. The number of nitrogens with one attached hydrogen (secondary N) is 1. The summed E-state index contributed by atoms with van der Waals surface area (Å²) in [5, 5.41) is 33.7. The fourth-order valence-corrected chi connectivity index (χ4v) is 4.42. The van der Waals surface area contributed by atoms with E-state index < -0.39 is 31.1 Å². The standard InChI is InChI=1S/C26H31N7O5/c27-9-2-10-37-18-4-1-3-17(11-18)16-7-5-15(6-8-16)12-29-26-32-20-23(28)30-14-31-24(20)33(26)25-22(36)21(35)19(13-34)38-25/h1,3-8,11,14,19,21-22,25,34-36H,2,9-10,12-13,27H2,(H,29,32)(H2,28,30,31)/t19-,21-,22+,25-/m1/s1. The summed E-state index contributed by atoms with van der Waals surface area (Å²) in [6.45, 7) is 1.12. The zero-order valence-electron chi connectivity index (χ0n) is 20.6. The van der Waals surface area contributed by atoms with Gasteiger partial charge < -0.3 is 41.6 Å². The molecule has 1 aliphatic heterocycles. The SMILES string of the molecule is NCCCOc1cccc(-c2ccc(CNc3nc4c(N)ncnc4n3[C@@H]3O[C@H](CO)[C@@H](O)[C@@H]3O)cc2)c1. The summed E-state index contributed by atoms with van der Waals surface area (Å²) in [5.41, 5.74) is 15.3. The van der Waals surface area contributed by atoms with Gasteiger partial charge in [-0.15, -0.1) is 0 Å². The van der Waals surface area contributed by atoms with Gasteiger partial charge in [0, 0.05) is 6.54 Å². The van der Waals surface area contributed by atoms with E-state index in [9.17, 15) is 15.3 Å². The Hall–Kier alpha value is -3.81. The summed E-state index contributed by atoms with van der Waals surface area (Å²) in [4.78, 5) is 12.8. The average molecular weight is 522 g/mol. The van der Waals surface area contributed by atoms with E-state index in [4.69, 9.17) is 20.9 Å². The molecule has 2 aromatic carbocycles. The number of hydrogen-bond donors (Lipinski definition) is 6. The van der Waals surface area contributed by atoms with Crippen molar-refractivity contribution in [2.75, 3.05) is 30.8 Å². The normalized spacial score (nSPS) is 21.2. The number of ether oxygens (including phenoxy) is 2. The lowest BCUT2D eigenvalue weighted by atomic mass is 10.0. The first-order valence-corrected chi connectivity index (χ1v) is 12.4. The third-order valence-corrected chi connectivity index (χ3v) is 6.47. The van der Waals surface area contributed by atoms with Crippen LogP contribution in [-0.4, -0.2) is 72.9 Å². The van der Waals surface area contributed by atoms with Crippen LogP contribution >= 0.6 is 0 Å². The second-order valence-electron chi connectivity index (χ2n) is 9.03. The zero-order chi connectivity index (χ0) is 26.6. The van der Waals surface area contributed by atoms with Crippen LogP contribution in [0.2, 0.25) is 0 Å². The van der Waals surface area contributed by atoms with Crippen LogP contribution in [0.4, 0.5) is 11.8 Å². The molecule has 8 N–H and O–H groups in total. The van der Waals surface area contributed by atoms with E-state index in [0.29, 0.717) is 36.8 Å². The van der Waals surface area contributed by atoms with E-state index in [1.54, 1.807) is 0 Å². The van der Waals surface area contributed by atoms with Gasteiger partial charge in [-0.1, -0.05) is 36.4 Å². The van der Waals surface area contributed by atoms with Crippen molar-refractivity contribution in [2.24, 2.45) is 5.73 Å². The van der Waals surface area contributed by atoms with Gasteiger partial charge in [0.15, 0.2) is 23.2 Å². The number of aliphatic hydroxyl groups excluding tert-OH is 3. The Kier molecular flexibility index (Phi) is 7.67. The van der Waals surface area contributed by atoms with Gasteiger partial charge >= 0.3 is 0 Å². The van der Waals surface area contributed by atoms with Crippen LogP contribution in [0.1, 0.15) is 18.2 Å². The molecule has 4 aromatic rings. The number of nitrogens with zero attached hydrogens (tertiary/aromatic N) is 4. The van der Waals surface area contributed by atoms with E-state index in [2.05, 4.69) is 20.3 Å². The molecule has 1 saturated heterocycles. The van der Waals surface area contributed by atoms with Crippen molar-refractivity contribution in [1.82, 2.24) is 19.5 Å². The van der Waals surface area contributed by atoms with Crippen molar-refractivity contribution in [1.29, 1.82) is 0 Å². The van der Waals surface area contributed by atoms with Crippen molar-refractivity contribution in [3.05, 3.63) is 60.4 Å². The van der Waals surface area contributed by atoms with Gasteiger partial charge in [0.1, 0.15) is 30.4 Å². The summed E-state index contributed by atoms with van der Waals surface area (Å²) in [7, 11) is 0. The topological polar surface area (TPSA) is 187 Å². The highest BCUT2D eigenvalue weighted by Crippen LogP contribution is 2.35. The molecule has 4 atom stereocenters. The van der Waals surface area contributed by atoms with Crippen LogP contribution in [0.3, 0.4) is 0 Å². The van der Waals surface area contributed by atoms with E-state index >= 15 is 0 Å². The van der Waals surface area contributed by atoms with Crippen molar-refractivity contribution >= 4 is 22.9 Å². The molecule has 0 unspecified atom stereocenters. The zero-order valence-corrected chi connectivity index (χ0v) is 20.6. The van der Waals surface area contributed by atoms with E-state index in [1.165, 1.54) is 10.9 Å². The molecule has 0 bridgehead atoms. The van der Waals surface area contributed by atoms with Crippen LogP contribution in [0.5, 0.6) is 5.75 Å². The van der Waals surface area contributed by atoms with Gasteiger partial charge in [0.05, 0.1) is 13.2 Å². The predicted molar refractivity (Wildman–Crippen MR) is 141 cm³/mol. The van der Waals surface area contributed by atoms with Crippen LogP contribution in [0, 0.1) is 0 Å². The lowest BCUT2D eigenvalue weighted by molar-refractivity contribution is -0.0501. The molecule has 3 heterocycles. The first-order valence-electron chi connectivity index (χ1n) is 12.4. The fraction of sp³-hybridized carbons (Fsp3) is 0.346. The second-order valence-corrected chi connectivity index (χ2v) is 9.03. The summed E-state index contributed by atoms with van der Waals surface area (Å²) in [6, 6.07) is 15.9. The highest BCUT2D eigenvalue weighted by Gasteiger charge is 2.45. The number of aliphatic hydroxyl groups is 3. The number of hydrogen-bond acceptors (Lipinski definition) is 11. The van der Waals surface area contributed by atoms with Gasteiger partial charge in [-0.25, -0.2) is 15.0 Å². The summed E-state index contributed by atoms with van der Waals surface area (Å²) >= 11 is 0. The maximum atomic E-state index is 10.6. The van der Waals surface area contributed by atoms with Crippen molar-refractivity contribution in [3.8, 4) is 16.9 Å². The smallest absolute Gasteiger partial charge is 0.207 e. The number of benzene rings is 2. The number of fused-ring (bicyclic) bond motifs is 1. The maximum absolute atomic E-state index is 10.6. The molecule has 38 heavy (non-hydrogen) atoms. The van der Waals surface area contributed by atoms with Gasteiger partial charge in [-0.3, -0.25) is 4.57 Å². The minimum absolute atomic E-state index is 0.169. The summed E-state index contributed by atoms with van der Waals surface area (Å²) in [5.74, 6) is 1.29. The third-order valence-electron chi connectivity index (χ3n) is 6.47. The summed E-state index contributed by atoms with van der Waals surface area (Å²) < 4.78 is 13.0. The molecule has 5 rings (SSSR count). The molecule has 1 aliphatic rings. The number of anilines is 2. The van der Waals surface area contributed by atoms with Gasteiger partial charge in [0.25, 0.3) is 0 Å². The fourth-order valence-electron chi connectivity index (χ4n) is 4.42. The summed E-state index contributed by atoms with van der Waals surface area (Å²) in [6.07, 6.45) is -2.48. The molecular formula is C26H31N7O5. The molecule has 0 saturated carbocycles. The number of nitrogen functional groups attached to an aromatic ring is 1. The predicted octanol–water partition coefficient (Wildman–Crippen LogP) is 1.03. The number of nitrogens with two attached hydrogens (primary N) is 2. The Balaban J connectivity index is 1.35. The van der Waals surface area contributed by atoms with Crippen molar-refractivity contribution in [3.63, 3.8) is 0 Å². The highest BCUT2D eigenvalue weighted by atomic mass is 16.6. The van der Waals surface area contributed by atoms with Crippen LogP contribution in [-0.2, 0) is 11.3 Å². The molecule has 2 aromatic heterocycles. The second kappa shape index (κ2) is 11.3. The van der Waals surface area contributed by atoms with Gasteiger partial charge in [0.2, 0.25) is 5.95 Å². The largest absolute Gasteiger partial charge is 0.494 e. The van der Waals surface area contributed by atoms with Crippen LogP contribution in [0.25, 0.3) is 22.3 Å². The minimum atomic E-state index is -1.31. The lowest BCUT2D eigenvalue weighted by Gasteiger charge is -2.19. The molecule has 200 valence electrons. The van der Waals surface area contributed by atoms with E-state index in [-0.39, 0.29) is 5.82 Å². The van der Waals surface area contributed by atoms with Crippen LogP contribution in [0.15, 0.2) is 54.9 Å². The molecular weight excluding hydrogens is 490 g/mol. The third kappa shape index (κ3) is 5.12. The molecule has 0 amide bonds. The number of aromatic nitrogens is 4. The number of rotatable bonds is 10.